The molecule has 0 radical (unpaired) electrons. The lowest BCUT2D eigenvalue weighted by Crippen LogP contribution is -2.19. The monoisotopic (exact) mass is 293 g/mol. The highest BCUT2D eigenvalue weighted by molar-refractivity contribution is 7.84. The minimum absolute atomic E-state index is 0.0136. The van der Waals surface area contributed by atoms with Crippen LogP contribution in [-0.2, 0) is 17.3 Å². The summed E-state index contributed by atoms with van der Waals surface area (Å²) in [5, 5.41) is 11.8. The number of rotatable bonds is 4. The summed E-state index contributed by atoms with van der Waals surface area (Å²) in [6, 6.07) is 3.91. The molecule has 6 nitrogen and oxygen atoms in total. The highest BCUT2D eigenvalue weighted by Gasteiger charge is 2.16. The van der Waals surface area contributed by atoms with Gasteiger partial charge < -0.3 is 5.73 Å². The van der Waals surface area contributed by atoms with Crippen molar-refractivity contribution < 1.29 is 4.21 Å². The van der Waals surface area contributed by atoms with Gasteiger partial charge in [0.1, 0.15) is 0 Å². The molecule has 0 bridgehead atoms. The normalized spacial score (nSPS) is 14.2. The molecule has 0 aliphatic rings. The SMILES string of the molecule is Cc1cc(C)c(-c2nnnn2CC(C)S(C)=O)cc1N. The lowest BCUT2D eigenvalue weighted by atomic mass is 10.0. The summed E-state index contributed by atoms with van der Waals surface area (Å²) in [5.41, 5.74) is 9.70. The van der Waals surface area contributed by atoms with E-state index in [1.54, 1.807) is 10.9 Å². The molecular weight excluding hydrogens is 274 g/mol. The summed E-state index contributed by atoms with van der Waals surface area (Å²) in [6.45, 7) is 6.40. The minimum Gasteiger partial charge on any atom is -0.398 e. The summed E-state index contributed by atoms with van der Waals surface area (Å²) >= 11 is 0. The van der Waals surface area contributed by atoms with Crippen LogP contribution >= 0.6 is 0 Å². The van der Waals surface area contributed by atoms with E-state index in [2.05, 4.69) is 15.5 Å². The second-order valence-electron chi connectivity index (χ2n) is 5.02. The van der Waals surface area contributed by atoms with Crippen LogP contribution in [0.25, 0.3) is 11.4 Å². The molecule has 1 aromatic heterocycles. The standard InChI is InChI=1S/C13H19N5OS/c1-8-5-9(2)12(14)6-11(8)13-15-16-17-18(13)7-10(3)20(4)19/h5-6,10H,7,14H2,1-4H3. The van der Waals surface area contributed by atoms with Crippen LogP contribution in [0.15, 0.2) is 12.1 Å². The fraction of sp³-hybridized carbons (Fsp3) is 0.462. The highest BCUT2D eigenvalue weighted by atomic mass is 32.2. The lowest BCUT2D eigenvalue weighted by molar-refractivity contribution is 0.579. The first-order chi connectivity index (χ1) is 9.40. The number of nitrogens with two attached hydrogens (primary N) is 1. The van der Waals surface area contributed by atoms with Crippen molar-refractivity contribution in [1.82, 2.24) is 20.2 Å². The van der Waals surface area contributed by atoms with Gasteiger partial charge in [-0.05, 0) is 48.4 Å². The molecular formula is C13H19N5OS. The van der Waals surface area contributed by atoms with Crippen LogP contribution < -0.4 is 5.73 Å². The molecule has 0 aliphatic carbocycles. The van der Waals surface area contributed by atoms with Crippen LogP contribution in [0.2, 0.25) is 0 Å². The van der Waals surface area contributed by atoms with Crippen molar-refractivity contribution in [2.24, 2.45) is 0 Å². The Morgan fingerprint density at radius 3 is 2.70 bits per heavy atom. The molecule has 20 heavy (non-hydrogen) atoms. The van der Waals surface area contributed by atoms with Gasteiger partial charge in [-0.2, -0.15) is 0 Å². The van der Waals surface area contributed by atoms with Crippen LogP contribution in [0.1, 0.15) is 18.1 Å². The smallest absolute Gasteiger partial charge is 0.182 e. The number of anilines is 1. The fourth-order valence-electron chi connectivity index (χ4n) is 1.98. The number of aromatic nitrogens is 4. The summed E-state index contributed by atoms with van der Waals surface area (Å²) in [5.74, 6) is 0.659. The van der Waals surface area contributed by atoms with Gasteiger partial charge in [0.15, 0.2) is 5.82 Å². The molecule has 0 spiro atoms. The van der Waals surface area contributed by atoms with Gasteiger partial charge in [-0.25, -0.2) is 4.68 Å². The molecule has 2 atom stereocenters. The van der Waals surface area contributed by atoms with Crippen LogP contribution in [-0.4, -0.2) is 35.9 Å². The number of nitrogen functional groups attached to an aromatic ring is 1. The van der Waals surface area contributed by atoms with Crippen molar-refractivity contribution in [3.05, 3.63) is 23.3 Å². The van der Waals surface area contributed by atoms with Gasteiger partial charge in [0.05, 0.1) is 11.8 Å². The third-order valence-electron chi connectivity index (χ3n) is 3.38. The molecule has 1 heterocycles. The van der Waals surface area contributed by atoms with Gasteiger partial charge >= 0.3 is 0 Å². The molecule has 2 N–H and O–H groups in total. The van der Waals surface area contributed by atoms with Crippen LogP contribution in [0.3, 0.4) is 0 Å². The van der Waals surface area contributed by atoms with E-state index in [4.69, 9.17) is 5.73 Å². The van der Waals surface area contributed by atoms with Crippen molar-refractivity contribution in [3.63, 3.8) is 0 Å². The topological polar surface area (TPSA) is 86.7 Å². The Balaban J connectivity index is 2.42. The van der Waals surface area contributed by atoms with Crippen molar-refractivity contribution in [1.29, 1.82) is 0 Å². The average Bonchev–Trinajstić information content (AvgIpc) is 2.81. The van der Waals surface area contributed by atoms with Crippen molar-refractivity contribution >= 4 is 16.5 Å². The predicted octanol–water partition coefficient (Wildman–Crippen LogP) is 1.31. The zero-order chi connectivity index (χ0) is 14.9. The predicted molar refractivity (Wildman–Crippen MR) is 80.7 cm³/mol. The van der Waals surface area contributed by atoms with Gasteiger partial charge in [0.2, 0.25) is 0 Å². The van der Waals surface area contributed by atoms with Gasteiger partial charge in [-0.3, -0.25) is 4.21 Å². The van der Waals surface area contributed by atoms with E-state index >= 15 is 0 Å². The molecule has 7 heteroatoms. The molecule has 108 valence electrons. The zero-order valence-corrected chi connectivity index (χ0v) is 12.9. The number of hydrogen-bond donors (Lipinski definition) is 1. The number of hydrogen-bond acceptors (Lipinski definition) is 5. The van der Waals surface area contributed by atoms with Crippen LogP contribution in [0.5, 0.6) is 0 Å². The molecule has 0 aliphatic heterocycles. The second-order valence-corrected chi connectivity index (χ2v) is 6.82. The van der Waals surface area contributed by atoms with Crippen LogP contribution in [0, 0.1) is 13.8 Å². The van der Waals surface area contributed by atoms with Gasteiger partial charge in [0, 0.05) is 28.3 Å². The first kappa shape index (κ1) is 14.6. The van der Waals surface area contributed by atoms with E-state index < -0.39 is 10.8 Å². The molecule has 0 fully saturated rings. The van der Waals surface area contributed by atoms with Crippen molar-refractivity contribution in [2.75, 3.05) is 12.0 Å². The van der Waals surface area contributed by atoms with E-state index in [0.29, 0.717) is 18.1 Å². The van der Waals surface area contributed by atoms with E-state index in [-0.39, 0.29) is 5.25 Å². The number of tetrazole rings is 1. The van der Waals surface area contributed by atoms with Gasteiger partial charge in [0.25, 0.3) is 0 Å². The Hall–Kier alpha value is -1.76. The Kier molecular flexibility index (Phi) is 4.17. The Bertz CT molecular complexity index is 652. The second kappa shape index (κ2) is 5.70. The highest BCUT2D eigenvalue weighted by Crippen LogP contribution is 2.26. The van der Waals surface area contributed by atoms with Gasteiger partial charge in [-0.15, -0.1) is 5.10 Å². The summed E-state index contributed by atoms with van der Waals surface area (Å²) in [6.07, 6.45) is 1.68. The van der Waals surface area contributed by atoms with Crippen molar-refractivity contribution in [2.45, 2.75) is 32.6 Å². The Morgan fingerprint density at radius 2 is 2.05 bits per heavy atom. The van der Waals surface area contributed by atoms with Gasteiger partial charge in [-0.1, -0.05) is 6.07 Å². The van der Waals surface area contributed by atoms with E-state index in [1.165, 1.54) is 0 Å². The average molecular weight is 293 g/mol. The van der Waals surface area contributed by atoms with Crippen LogP contribution in [0.4, 0.5) is 5.69 Å². The largest absolute Gasteiger partial charge is 0.398 e. The molecule has 0 amide bonds. The zero-order valence-electron chi connectivity index (χ0n) is 12.1. The quantitative estimate of drug-likeness (QED) is 0.859. The van der Waals surface area contributed by atoms with E-state index in [0.717, 1.165) is 16.7 Å². The first-order valence-electron chi connectivity index (χ1n) is 6.35. The number of benzene rings is 1. The van der Waals surface area contributed by atoms with E-state index in [1.807, 2.05) is 32.9 Å². The van der Waals surface area contributed by atoms with Crippen molar-refractivity contribution in [3.8, 4) is 11.4 Å². The molecule has 0 saturated carbocycles. The maximum atomic E-state index is 11.5. The minimum atomic E-state index is -0.914. The maximum absolute atomic E-state index is 11.5. The Morgan fingerprint density at radius 1 is 1.35 bits per heavy atom. The molecule has 2 unspecified atom stereocenters. The molecule has 2 rings (SSSR count). The third kappa shape index (κ3) is 2.87. The third-order valence-corrected chi connectivity index (χ3v) is 4.66. The number of nitrogens with zero attached hydrogens (tertiary/aromatic N) is 4. The molecule has 0 saturated heterocycles. The lowest BCUT2D eigenvalue weighted by Gasteiger charge is -2.12. The molecule has 2 aromatic rings. The summed E-state index contributed by atoms with van der Waals surface area (Å²) in [4.78, 5) is 0. The fourth-order valence-corrected chi connectivity index (χ4v) is 2.33. The first-order valence-corrected chi connectivity index (χ1v) is 7.97. The van der Waals surface area contributed by atoms with E-state index in [9.17, 15) is 4.21 Å². The Labute approximate surface area is 120 Å². The maximum Gasteiger partial charge on any atom is 0.182 e. The molecule has 1 aromatic carbocycles. The summed E-state index contributed by atoms with van der Waals surface area (Å²) in [7, 11) is -0.914. The number of aryl methyl sites for hydroxylation is 2. The summed E-state index contributed by atoms with van der Waals surface area (Å²) < 4.78 is 13.2.